The molecule has 6 rings (SSSR count). The lowest BCUT2D eigenvalue weighted by Crippen LogP contribution is -2.18. The Bertz CT molecular complexity index is 1440. The molecule has 2 aromatic heterocycles. The number of imidazole rings is 2. The number of anilines is 1. The second kappa shape index (κ2) is 8.33. The molecular formula is C26H23F2N5O2. The lowest BCUT2D eigenvalue weighted by atomic mass is 10.1. The van der Waals surface area contributed by atoms with Gasteiger partial charge in [0.1, 0.15) is 24.9 Å². The van der Waals surface area contributed by atoms with Gasteiger partial charge in [-0.15, -0.1) is 0 Å². The molecule has 1 aliphatic heterocycles. The van der Waals surface area contributed by atoms with E-state index in [4.69, 9.17) is 4.74 Å². The normalized spacial score (nSPS) is 16.7. The second-order valence-electron chi connectivity index (χ2n) is 9.01. The molecule has 1 saturated carbocycles. The maximum atomic E-state index is 14.9. The number of alkyl halides is 1. The minimum absolute atomic E-state index is 0.0761. The van der Waals surface area contributed by atoms with Gasteiger partial charge >= 0.3 is 0 Å². The number of benzene rings is 2. The molecule has 3 heterocycles. The first-order valence-electron chi connectivity index (χ1n) is 11.5. The molecule has 2 aromatic carbocycles. The monoisotopic (exact) mass is 475 g/mol. The van der Waals surface area contributed by atoms with Gasteiger partial charge in [-0.3, -0.25) is 4.79 Å². The predicted octanol–water partition coefficient (Wildman–Crippen LogP) is 5.22. The molecule has 0 unspecified atom stereocenters. The number of halogens is 2. The standard InChI is InChI=1S/C26H23F2N5O2/c1-15-9-20(28)19(10-23(15)32-12-22(30-14-32)16-5-6-16)26(34)31-21-4-2-3-18-24(21)35-13-17(11-27)33-8-7-29-25(18)33/h2-4,7-10,12,14,16-17H,5-6,11,13H2,1H3,(H,31,34)/t17-/m0/s1. The van der Waals surface area contributed by atoms with E-state index in [1.165, 1.54) is 12.1 Å². The van der Waals surface area contributed by atoms with Gasteiger partial charge in [-0.1, -0.05) is 6.07 Å². The Hall–Kier alpha value is -4.01. The third kappa shape index (κ3) is 3.77. The van der Waals surface area contributed by atoms with Crippen LogP contribution in [0.1, 0.15) is 46.4 Å². The van der Waals surface area contributed by atoms with Crippen molar-refractivity contribution in [3.05, 3.63) is 77.9 Å². The quantitative estimate of drug-likeness (QED) is 0.430. The van der Waals surface area contributed by atoms with E-state index in [2.05, 4.69) is 15.3 Å². The molecule has 178 valence electrons. The number of amides is 1. The third-order valence-electron chi connectivity index (χ3n) is 6.57. The lowest BCUT2D eigenvalue weighted by Gasteiger charge is -2.16. The van der Waals surface area contributed by atoms with Crippen LogP contribution < -0.4 is 10.1 Å². The third-order valence-corrected chi connectivity index (χ3v) is 6.57. The van der Waals surface area contributed by atoms with Gasteiger partial charge in [-0.05, 0) is 49.6 Å². The first-order chi connectivity index (χ1) is 17.0. The van der Waals surface area contributed by atoms with Crippen molar-refractivity contribution in [1.29, 1.82) is 0 Å². The number of carbonyl (C=O) groups is 1. The van der Waals surface area contributed by atoms with Crippen LogP contribution in [0.5, 0.6) is 5.75 Å². The van der Waals surface area contributed by atoms with E-state index in [-0.39, 0.29) is 12.2 Å². The molecule has 0 radical (unpaired) electrons. The molecular weight excluding hydrogens is 452 g/mol. The van der Waals surface area contributed by atoms with Gasteiger partial charge in [0.25, 0.3) is 5.91 Å². The maximum Gasteiger partial charge on any atom is 0.258 e. The van der Waals surface area contributed by atoms with Gasteiger partial charge < -0.3 is 19.2 Å². The molecule has 35 heavy (non-hydrogen) atoms. The Balaban J connectivity index is 1.34. The largest absolute Gasteiger partial charge is 0.488 e. The zero-order valence-electron chi connectivity index (χ0n) is 19.0. The van der Waals surface area contributed by atoms with E-state index in [0.29, 0.717) is 40.0 Å². The van der Waals surface area contributed by atoms with Crippen LogP contribution in [0.25, 0.3) is 17.1 Å². The maximum absolute atomic E-state index is 14.9. The molecule has 2 aliphatic rings. The van der Waals surface area contributed by atoms with Crippen molar-refractivity contribution in [2.24, 2.45) is 0 Å². The zero-order chi connectivity index (χ0) is 24.1. The van der Waals surface area contributed by atoms with E-state index in [0.717, 1.165) is 18.5 Å². The molecule has 0 saturated heterocycles. The smallest absolute Gasteiger partial charge is 0.258 e. The average Bonchev–Trinajstić information content (AvgIpc) is 3.43. The summed E-state index contributed by atoms with van der Waals surface area (Å²) in [7, 11) is 0. The van der Waals surface area contributed by atoms with Crippen LogP contribution in [0, 0.1) is 12.7 Å². The highest BCUT2D eigenvalue weighted by Gasteiger charge is 2.28. The van der Waals surface area contributed by atoms with Gasteiger partial charge in [-0.25, -0.2) is 18.7 Å². The number of hydrogen-bond donors (Lipinski definition) is 1. The molecule has 1 amide bonds. The van der Waals surface area contributed by atoms with Crippen LogP contribution in [-0.2, 0) is 0 Å². The summed E-state index contributed by atoms with van der Waals surface area (Å²) in [5, 5.41) is 2.78. The Morgan fingerprint density at radius 3 is 2.91 bits per heavy atom. The van der Waals surface area contributed by atoms with E-state index < -0.39 is 24.4 Å². The summed E-state index contributed by atoms with van der Waals surface area (Å²) in [6, 6.07) is 7.57. The summed E-state index contributed by atoms with van der Waals surface area (Å²) in [5.74, 6) is 0.174. The molecule has 1 atom stereocenters. The van der Waals surface area contributed by atoms with Crippen molar-refractivity contribution in [1.82, 2.24) is 19.1 Å². The number of ether oxygens (including phenoxy) is 1. The molecule has 1 aliphatic carbocycles. The number of rotatable bonds is 5. The van der Waals surface area contributed by atoms with Crippen molar-refractivity contribution in [3.8, 4) is 22.8 Å². The van der Waals surface area contributed by atoms with Gasteiger partial charge in [-0.2, -0.15) is 0 Å². The fourth-order valence-corrected chi connectivity index (χ4v) is 4.52. The Morgan fingerprint density at radius 2 is 2.11 bits per heavy atom. The number of nitrogens with zero attached hydrogens (tertiary/aromatic N) is 4. The average molecular weight is 475 g/mol. The van der Waals surface area contributed by atoms with E-state index in [9.17, 15) is 13.6 Å². The topological polar surface area (TPSA) is 74.0 Å². The van der Waals surface area contributed by atoms with Crippen molar-refractivity contribution in [2.45, 2.75) is 31.7 Å². The minimum Gasteiger partial charge on any atom is -0.488 e. The molecule has 7 nitrogen and oxygen atoms in total. The highest BCUT2D eigenvalue weighted by molar-refractivity contribution is 6.06. The first-order valence-corrected chi connectivity index (χ1v) is 11.5. The fraction of sp³-hybridized carbons (Fsp3) is 0.269. The number of aromatic nitrogens is 4. The van der Waals surface area contributed by atoms with E-state index in [1.54, 1.807) is 48.4 Å². The van der Waals surface area contributed by atoms with Gasteiger partial charge in [0.2, 0.25) is 0 Å². The molecule has 0 spiro atoms. The number of nitrogens with one attached hydrogen (secondary N) is 1. The highest BCUT2D eigenvalue weighted by Crippen LogP contribution is 2.40. The van der Waals surface area contributed by atoms with Gasteiger partial charge in [0.15, 0.2) is 5.75 Å². The Kier molecular flexibility index (Phi) is 5.12. The van der Waals surface area contributed by atoms with Crippen LogP contribution in [0.2, 0.25) is 0 Å². The van der Waals surface area contributed by atoms with Crippen LogP contribution in [0.4, 0.5) is 14.5 Å². The SMILES string of the molecule is Cc1cc(F)c(C(=O)Nc2cccc3c2OC[C@H](CF)n2ccnc2-3)cc1-n1cnc(C2CC2)c1. The van der Waals surface area contributed by atoms with Gasteiger partial charge in [0, 0.05) is 24.5 Å². The summed E-state index contributed by atoms with van der Waals surface area (Å²) < 4.78 is 38.0. The Labute approximate surface area is 200 Å². The first kappa shape index (κ1) is 21.5. The molecule has 1 N–H and O–H groups in total. The van der Waals surface area contributed by atoms with Crippen molar-refractivity contribution in [3.63, 3.8) is 0 Å². The molecule has 4 aromatic rings. The molecule has 0 bridgehead atoms. The number of hydrogen-bond acceptors (Lipinski definition) is 4. The van der Waals surface area contributed by atoms with Crippen LogP contribution >= 0.6 is 0 Å². The number of fused-ring (bicyclic) bond motifs is 3. The van der Waals surface area contributed by atoms with Gasteiger partial charge in [0.05, 0.1) is 40.6 Å². The number of aryl methyl sites for hydroxylation is 1. The van der Waals surface area contributed by atoms with Crippen LogP contribution in [-0.4, -0.2) is 38.3 Å². The van der Waals surface area contributed by atoms with Crippen molar-refractivity contribution >= 4 is 11.6 Å². The second-order valence-corrected chi connectivity index (χ2v) is 9.01. The van der Waals surface area contributed by atoms with Crippen molar-refractivity contribution < 1.29 is 18.3 Å². The lowest BCUT2D eigenvalue weighted by molar-refractivity contribution is 0.102. The van der Waals surface area contributed by atoms with Crippen molar-refractivity contribution in [2.75, 3.05) is 18.6 Å². The summed E-state index contributed by atoms with van der Waals surface area (Å²) in [6.45, 7) is 1.26. The summed E-state index contributed by atoms with van der Waals surface area (Å²) in [4.78, 5) is 22.0. The summed E-state index contributed by atoms with van der Waals surface area (Å²) in [5.41, 5.74) is 3.28. The number of carbonyl (C=O) groups excluding carboxylic acids is 1. The molecule has 9 heteroatoms. The summed E-state index contributed by atoms with van der Waals surface area (Å²) >= 11 is 0. The Morgan fingerprint density at radius 1 is 1.26 bits per heavy atom. The minimum atomic E-state index is -0.623. The predicted molar refractivity (Wildman–Crippen MR) is 126 cm³/mol. The number of para-hydroxylation sites is 1. The van der Waals surface area contributed by atoms with E-state index >= 15 is 0 Å². The molecule has 1 fully saturated rings. The fourth-order valence-electron chi connectivity index (χ4n) is 4.52. The van der Waals surface area contributed by atoms with Crippen LogP contribution in [0.3, 0.4) is 0 Å². The summed E-state index contributed by atoms with van der Waals surface area (Å²) in [6.07, 6.45) is 9.20. The highest BCUT2D eigenvalue weighted by atomic mass is 19.1. The van der Waals surface area contributed by atoms with Crippen LogP contribution in [0.15, 0.2) is 55.2 Å². The zero-order valence-corrected chi connectivity index (χ0v) is 19.0. The van der Waals surface area contributed by atoms with E-state index in [1.807, 2.05) is 10.8 Å².